The lowest BCUT2D eigenvalue weighted by molar-refractivity contribution is 0.578. The lowest BCUT2D eigenvalue weighted by atomic mass is 10.1. The van der Waals surface area contributed by atoms with Gasteiger partial charge in [-0.25, -0.2) is 0 Å². The smallest absolute Gasteiger partial charge is 0.158 e. The van der Waals surface area contributed by atoms with Crippen molar-refractivity contribution >= 4 is 16.7 Å². The molecule has 1 aromatic carbocycles. The van der Waals surface area contributed by atoms with Crippen LogP contribution in [0.3, 0.4) is 0 Å². The largest absolute Gasteiger partial charge is 0.462 e. The Morgan fingerprint density at radius 1 is 1.24 bits per heavy atom. The van der Waals surface area contributed by atoms with Gasteiger partial charge in [0.15, 0.2) is 5.58 Å². The van der Waals surface area contributed by atoms with Gasteiger partial charge >= 0.3 is 0 Å². The van der Waals surface area contributed by atoms with Gasteiger partial charge in [-0.2, -0.15) is 5.26 Å². The topological polar surface area (TPSA) is 52.2 Å². The van der Waals surface area contributed by atoms with Crippen molar-refractivity contribution in [2.45, 2.75) is 0 Å². The molecule has 0 amide bonds. The second-order valence-corrected chi connectivity index (χ2v) is 4.15. The van der Waals surface area contributed by atoms with Crippen LogP contribution in [-0.4, -0.2) is 26.2 Å². The van der Waals surface area contributed by atoms with Crippen molar-refractivity contribution in [3.8, 4) is 6.07 Å². The summed E-state index contributed by atoms with van der Waals surface area (Å²) < 4.78 is 5.53. The Balaban J connectivity index is 2.17. The highest BCUT2D eigenvalue weighted by Crippen LogP contribution is 2.31. The van der Waals surface area contributed by atoms with Crippen molar-refractivity contribution in [1.82, 2.24) is 5.32 Å². The molecule has 17 heavy (non-hydrogen) atoms. The summed E-state index contributed by atoms with van der Waals surface area (Å²) in [5.74, 6) is 0. The molecule has 1 aliphatic heterocycles. The quantitative estimate of drug-likeness (QED) is 0.805. The molecule has 2 aromatic rings. The van der Waals surface area contributed by atoms with E-state index in [-0.39, 0.29) is 0 Å². The minimum Gasteiger partial charge on any atom is -0.462 e. The molecule has 0 unspecified atom stereocenters. The maximum Gasteiger partial charge on any atom is 0.158 e. The molecule has 0 saturated carbocycles. The Labute approximate surface area is 99.4 Å². The molecule has 1 N–H and O–H groups in total. The number of nitrogens with zero attached hydrogens (tertiary/aromatic N) is 2. The second-order valence-electron chi connectivity index (χ2n) is 4.15. The van der Waals surface area contributed by atoms with Crippen LogP contribution in [0.2, 0.25) is 0 Å². The number of anilines is 1. The van der Waals surface area contributed by atoms with Crippen molar-refractivity contribution in [2.24, 2.45) is 0 Å². The van der Waals surface area contributed by atoms with Crippen LogP contribution in [0.15, 0.2) is 28.9 Å². The van der Waals surface area contributed by atoms with Gasteiger partial charge in [0.25, 0.3) is 0 Å². The summed E-state index contributed by atoms with van der Waals surface area (Å²) in [5, 5.41) is 13.6. The number of piperazine rings is 1. The number of rotatable bonds is 1. The van der Waals surface area contributed by atoms with Crippen molar-refractivity contribution in [3.63, 3.8) is 0 Å². The van der Waals surface area contributed by atoms with Crippen molar-refractivity contribution < 1.29 is 4.42 Å². The molecule has 1 aliphatic rings. The van der Waals surface area contributed by atoms with Gasteiger partial charge in [-0.15, -0.1) is 0 Å². The minimum atomic E-state index is 0.689. The molecule has 4 heteroatoms. The van der Waals surface area contributed by atoms with E-state index in [1.807, 2.05) is 18.2 Å². The molecular weight excluding hydrogens is 214 g/mol. The predicted octanol–water partition coefficient (Wildman–Crippen LogP) is 1.71. The Bertz CT molecular complexity index is 576. The molecule has 2 heterocycles. The van der Waals surface area contributed by atoms with Crippen molar-refractivity contribution in [1.29, 1.82) is 5.26 Å². The fraction of sp³-hybridized carbons (Fsp3) is 0.308. The number of benzene rings is 1. The summed E-state index contributed by atoms with van der Waals surface area (Å²) in [6.45, 7) is 3.72. The Kier molecular flexibility index (Phi) is 2.46. The van der Waals surface area contributed by atoms with E-state index in [0.29, 0.717) is 5.56 Å². The summed E-state index contributed by atoms with van der Waals surface area (Å²) in [6, 6.07) is 7.99. The van der Waals surface area contributed by atoms with Gasteiger partial charge in [-0.05, 0) is 18.2 Å². The first-order chi connectivity index (χ1) is 8.40. The first-order valence-electron chi connectivity index (χ1n) is 5.76. The van der Waals surface area contributed by atoms with E-state index in [2.05, 4.69) is 16.3 Å². The number of nitrogens with one attached hydrogen (secondary N) is 1. The van der Waals surface area contributed by atoms with E-state index >= 15 is 0 Å². The van der Waals surface area contributed by atoms with E-state index in [4.69, 9.17) is 4.42 Å². The third kappa shape index (κ3) is 1.65. The Morgan fingerprint density at radius 3 is 2.82 bits per heavy atom. The molecule has 0 spiro atoms. The fourth-order valence-corrected chi connectivity index (χ4v) is 2.31. The summed E-state index contributed by atoms with van der Waals surface area (Å²) in [7, 11) is 0. The third-order valence-corrected chi connectivity index (χ3v) is 3.15. The van der Waals surface area contributed by atoms with E-state index in [1.165, 1.54) is 0 Å². The lowest BCUT2D eigenvalue weighted by Gasteiger charge is -2.30. The molecule has 0 aliphatic carbocycles. The molecule has 4 nitrogen and oxygen atoms in total. The van der Waals surface area contributed by atoms with Crippen LogP contribution in [0.1, 0.15) is 5.56 Å². The van der Waals surface area contributed by atoms with Crippen LogP contribution < -0.4 is 10.2 Å². The zero-order chi connectivity index (χ0) is 11.7. The van der Waals surface area contributed by atoms with Gasteiger partial charge in [0, 0.05) is 31.6 Å². The molecule has 1 fully saturated rings. The summed E-state index contributed by atoms with van der Waals surface area (Å²) in [5.41, 5.74) is 2.46. The van der Waals surface area contributed by atoms with Crippen molar-refractivity contribution in [3.05, 3.63) is 30.0 Å². The molecule has 0 radical (unpaired) electrons. The number of fused-ring (bicyclic) bond motifs is 1. The number of hydrogen-bond donors (Lipinski definition) is 1. The number of furan rings is 1. The zero-order valence-corrected chi connectivity index (χ0v) is 9.44. The summed E-state index contributed by atoms with van der Waals surface area (Å²) in [4.78, 5) is 2.22. The highest BCUT2D eigenvalue weighted by atomic mass is 16.3. The molecule has 86 valence electrons. The van der Waals surface area contributed by atoms with Crippen LogP contribution >= 0.6 is 0 Å². The SMILES string of the molecule is N#Cc1ccc2ccoc2c1N1CCNCC1. The number of nitriles is 1. The fourth-order valence-electron chi connectivity index (χ4n) is 2.31. The maximum absolute atomic E-state index is 9.21. The average Bonchev–Trinajstić information content (AvgIpc) is 2.86. The monoisotopic (exact) mass is 227 g/mol. The second kappa shape index (κ2) is 4.11. The van der Waals surface area contributed by atoms with Gasteiger partial charge in [0.05, 0.1) is 17.5 Å². The Morgan fingerprint density at radius 2 is 2.06 bits per heavy atom. The Hall–Kier alpha value is -1.99. The summed E-state index contributed by atoms with van der Waals surface area (Å²) in [6.07, 6.45) is 1.68. The minimum absolute atomic E-state index is 0.689. The van der Waals surface area contributed by atoms with Crippen LogP contribution in [-0.2, 0) is 0 Å². The van der Waals surface area contributed by atoms with Gasteiger partial charge in [0.1, 0.15) is 6.07 Å². The highest BCUT2D eigenvalue weighted by Gasteiger charge is 2.18. The van der Waals surface area contributed by atoms with Gasteiger partial charge in [-0.3, -0.25) is 0 Å². The van der Waals surface area contributed by atoms with Gasteiger partial charge in [0.2, 0.25) is 0 Å². The van der Waals surface area contributed by atoms with Crippen LogP contribution in [0.25, 0.3) is 11.0 Å². The molecule has 1 aromatic heterocycles. The maximum atomic E-state index is 9.21. The van der Waals surface area contributed by atoms with E-state index in [1.54, 1.807) is 6.26 Å². The normalized spacial score (nSPS) is 16.1. The summed E-state index contributed by atoms with van der Waals surface area (Å²) >= 11 is 0. The number of hydrogen-bond acceptors (Lipinski definition) is 4. The standard InChI is InChI=1S/C13H13N3O/c14-9-11-2-1-10-3-8-17-13(10)12(11)16-6-4-15-5-7-16/h1-3,8,15H,4-7H2. The zero-order valence-electron chi connectivity index (χ0n) is 9.44. The molecule has 0 bridgehead atoms. The highest BCUT2D eigenvalue weighted by molar-refractivity contribution is 5.92. The van der Waals surface area contributed by atoms with E-state index < -0.39 is 0 Å². The van der Waals surface area contributed by atoms with E-state index in [0.717, 1.165) is 42.8 Å². The van der Waals surface area contributed by atoms with Crippen LogP contribution in [0, 0.1) is 11.3 Å². The van der Waals surface area contributed by atoms with Crippen LogP contribution in [0.5, 0.6) is 0 Å². The lowest BCUT2D eigenvalue weighted by Crippen LogP contribution is -2.43. The first kappa shape index (κ1) is 10.2. The van der Waals surface area contributed by atoms with Crippen molar-refractivity contribution in [2.75, 3.05) is 31.1 Å². The van der Waals surface area contributed by atoms with E-state index in [9.17, 15) is 5.26 Å². The van der Waals surface area contributed by atoms with Gasteiger partial charge < -0.3 is 14.6 Å². The molecule has 0 atom stereocenters. The predicted molar refractivity (Wildman–Crippen MR) is 66.0 cm³/mol. The van der Waals surface area contributed by atoms with Gasteiger partial charge in [-0.1, -0.05) is 0 Å². The van der Waals surface area contributed by atoms with Crippen LogP contribution in [0.4, 0.5) is 5.69 Å². The molecule has 3 rings (SSSR count). The average molecular weight is 227 g/mol. The molecule has 1 saturated heterocycles. The molecular formula is C13H13N3O. The third-order valence-electron chi connectivity index (χ3n) is 3.15. The first-order valence-corrected chi connectivity index (χ1v) is 5.76.